The van der Waals surface area contributed by atoms with Crippen LogP contribution < -0.4 is 11.1 Å². The number of nitrogens with two attached hydrogens (primary N) is 1. The van der Waals surface area contributed by atoms with E-state index in [0.29, 0.717) is 6.04 Å². The maximum Gasteiger partial charge on any atom is 0.0443 e. The fourth-order valence-corrected chi connectivity index (χ4v) is 2.47. The fourth-order valence-electron chi connectivity index (χ4n) is 2.47. The zero-order chi connectivity index (χ0) is 10.9. The largest absolute Gasteiger partial charge is 0.396 e. The summed E-state index contributed by atoms with van der Waals surface area (Å²) in [5.41, 5.74) is 5.75. The van der Waals surface area contributed by atoms with Gasteiger partial charge in [-0.15, -0.1) is 0 Å². The minimum Gasteiger partial charge on any atom is -0.396 e. The van der Waals surface area contributed by atoms with Crippen molar-refractivity contribution < 1.29 is 5.11 Å². The molecule has 15 heavy (non-hydrogen) atoms. The van der Waals surface area contributed by atoms with Gasteiger partial charge in [0.1, 0.15) is 0 Å². The summed E-state index contributed by atoms with van der Waals surface area (Å²) in [4.78, 5) is 0. The Balaban J connectivity index is 2.13. The molecule has 0 aromatic rings. The first-order valence-electron chi connectivity index (χ1n) is 6.41. The maximum atomic E-state index is 8.70. The first-order chi connectivity index (χ1) is 7.36. The maximum absolute atomic E-state index is 8.70. The van der Waals surface area contributed by atoms with E-state index in [0.717, 1.165) is 25.4 Å². The number of hydrogen-bond acceptors (Lipinski definition) is 3. The summed E-state index contributed by atoms with van der Waals surface area (Å²) in [6, 6.07) is 0.458. The van der Waals surface area contributed by atoms with Gasteiger partial charge in [-0.25, -0.2) is 0 Å². The van der Waals surface area contributed by atoms with Crippen molar-refractivity contribution >= 4 is 0 Å². The highest BCUT2D eigenvalue weighted by atomic mass is 16.3. The van der Waals surface area contributed by atoms with Crippen molar-refractivity contribution in [3.8, 4) is 0 Å². The average molecular weight is 214 g/mol. The Labute approximate surface area is 93.4 Å². The molecule has 0 spiro atoms. The van der Waals surface area contributed by atoms with Crippen molar-refractivity contribution in [2.45, 2.75) is 51.0 Å². The molecule has 0 radical (unpaired) electrons. The lowest BCUT2D eigenvalue weighted by molar-refractivity contribution is 0.271. The highest BCUT2D eigenvalue weighted by Gasteiger charge is 2.17. The molecule has 4 N–H and O–H groups in total. The van der Waals surface area contributed by atoms with Gasteiger partial charge in [0.25, 0.3) is 0 Å². The molecule has 1 rings (SSSR count). The lowest BCUT2D eigenvalue weighted by atomic mass is 9.85. The molecule has 0 heterocycles. The minimum atomic E-state index is 0.272. The third kappa shape index (κ3) is 5.50. The molecule has 1 unspecified atom stereocenters. The van der Waals surface area contributed by atoms with Crippen molar-refractivity contribution in [3.63, 3.8) is 0 Å². The summed E-state index contributed by atoms with van der Waals surface area (Å²) in [5, 5.41) is 12.1. The standard InChI is InChI=1S/C12H26N2O/c13-10-12(14-7-4-8-15)9-11-5-2-1-3-6-11/h11-12,14-15H,1-10,13H2. The minimum absolute atomic E-state index is 0.272. The zero-order valence-electron chi connectivity index (χ0n) is 9.75. The third-order valence-corrected chi connectivity index (χ3v) is 3.40. The van der Waals surface area contributed by atoms with Gasteiger partial charge in [0, 0.05) is 19.2 Å². The molecule has 0 aromatic heterocycles. The first kappa shape index (κ1) is 12.9. The molecule has 0 aliphatic heterocycles. The highest BCUT2D eigenvalue weighted by molar-refractivity contribution is 4.75. The second-order valence-corrected chi connectivity index (χ2v) is 4.70. The predicted octanol–water partition coefficient (Wildman–Crippen LogP) is 1.26. The molecule has 0 saturated heterocycles. The van der Waals surface area contributed by atoms with Crippen LogP contribution in [-0.2, 0) is 0 Å². The number of hydrogen-bond donors (Lipinski definition) is 3. The molecule has 0 bridgehead atoms. The third-order valence-electron chi connectivity index (χ3n) is 3.40. The Hall–Kier alpha value is -0.120. The Morgan fingerprint density at radius 3 is 2.60 bits per heavy atom. The second kappa shape index (κ2) is 8.08. The van der Waals surface area contributed by atoms with Crippen molar-refractivity contribution in [1.29, 1.82) is 0 Å². The molecule has 0 amide bonds. The van der Waals surface area contributed by atoms with Crippen LogP contribution in [0.1, 0.15) is 44.9 Å². The topological polar surface area (TPSA) is 58.3 Å². The summed E-state index contributed by atoms with van der Waals surface area (Å²) in [5.74, 6) is 0.883. The van der Waals surface area contributed by atoms with Gasteiger partial charge in [-0.3, -0.25) is 0 Å². The van der Waals surface area contributed by atoms with E-state index < -0.39 is 0 Å². The van der Waals surface area contributed by atoms with E-state index >= 15 is 0 Å². The first-order valence-corrected chi connectivity index (χ1v) is 6.41. The van der Waals surface area contributed by atoms with Crippen LogP contribution in [0.3, 0.4) is 0 Å². The second-order valence-electron chi connectivity index (χ2n) is 4.70. The number of rotatable bonds is 7. The monoisotopic (exact) mass is 214 g/mol. The van der Waals surface area contributed by atoms with Gasteiger partial charge in [0.2, 0.25) is 0 Å². The van der Waals surface area contributed by atoms with Crippen LogP contribution in [0.25, 0.3) is 0 Å². The molecular formula is C12H26N2O. The molecule has 1 aliphatic carbocycles. The average Bonchev–Trinajstić information content (AvgIpc) is 2.29. The number of nitrogens with one attached hydrogen (secondary N) is 1. The van der Waals surface area contributed by atoms with E-state index in [4.69, 9.17) is 10.8 Å². The van der Waals surface area contributed by atoms with Crippen LogP contribution in [0.2, 0.25) is 0 Å². The molecule has 1 fully saturated rings. The summed E-state index contributed by atoms with van der Waals surface area (Å²) >= 11 is 0. The van der Waals surface area contributed by atoms with Gasteiger partial charge in [-0.2, -0.15) is 0 Å². The Morgan fingerprint density at radius 2 is 2.00 bits per heavy atom. The normalized spacial score (nSPS) is 20.4. The van der Waals surface area contributed by atoms with Gasteiger partial charge >= 0.3 is 0 Å². The molecule has 1 saturated carbocycles. The summed E-state index contributed by atoms with van der Waals surface area (Å²) in [7, 11) is 0. The Bertz CT molecular complexity index is 147. The number of aliphatic hydroxyl groups is 1. The Kier molecular flexibility index (Phi) is 6.98. The van der Waals surface area contributed by atoms with Crippen LogP contribution in [0.15, 0.2) is 0 Å². The van der Waals surface area contributed by atoms with E-state index in [1.54, 1.807) is 0 Å². The van der Waals surface area contributed by atoms with Crippen molar-refractivity contribution in [2.24, 2.45) is 11.7 Å². The Morgan fingerprint density at radius 1 is 1.27 bits per heavy atom. The highest BCUT2D eigenvalue weighted by Crippen LogP contribution is 2.27. The van der Waals surface area contributed by atoms with E-state index in [2.05, 4.69) is 5.32 Å². The molecule has 1 aliphatic rings. The molecular weight excluding hydrogens is 188 g/mol. The van der Waals surface area contributed by atoms with E-state index in [1.807, 2.05) is 0 Å². The summed E-state index contributed by atoms with van der Waals surface area (Å²) in [6.07, 6.45) is 9.05. The van der Waals surface area contributed by atoms with Gasteiger partial charge in [0.05, 0.1) is 0 Å². The fraction of sp³-hybridized carbons (Fsp3) is 1.00. The molecule has 1 atom stereocenters. The van der Waals surface area contributed by atoms with Gasteiger partial charge in [0.15, 0.2) is 0 Å². The van der Waals surface area contributed by atoms with Crippen molar-refractivity contribution in [1.82, 2.24) is 5.32 Å². The van der Waals surface area contributed by atoms with E-state index in [1.165, 1.54) is 38.5 Å². The molecule has 3 nitrogen and oxygen atoms in total. The summed E-state index contributed by atoms with van der Waals surface area (Å²) in [6.45, 7) is 1.89. The molecule has 0 aromatic carbocycles. The molecule has 3 heteroatoms. The van der Waals surface area contributed by atoms with E-state index in [9.17, 15) is 0 Å². The number of aliphatic hydroxyl groups excluding tert-OH is 1. The quantitative estimate of drug-likeness (QED) is 0.559. The lowest BCUT2D eigenvalue weighted by Gasteiger charge is -2.26. The van der Waals surface area contributed by atoms with Crippen LogP contribution in [0.4, 0.5) is 0 Å². The summed E-state index contributed by atoms with van der Waals surface area (Å²) < 4.78 is 0. The van der Waals surface area contributed by atoms with Gasteiger partial charge < -0.3 is 16.2 Å². The molecule has 90 valence electrons. The SMILES string of the molecule is NCC(CC1CCCCC1)NCCCO. The van der Waals surface area contributed by atoms with Crippen molar-refractivity contribution in [3.05, 3.63) is 0 Å². The van der Waals surface area contributed by atoms with Crippen LogP contribution in [0.5, 0.6) is 0 Å². The van der Waals surface area contributed by atoms with E-state index in [-0.39, 0.29) is 6.61 Å². The van der Waals surface area contributed by atoms with Gasteiger partial charge in [-0.1, -0.05) is 32.1 Å². The zero-order valence-corrected chi connectivity index (χ0v) is 9.75. The van der Waals surface area contributed by atoms with Gasteiger partial charge in [-0.05, 0) is 25.3 Å². The smallest absolute Gasteiger partial charge is 0.0443 e. The van der Waals surface area contributed by atoms with Crippen molar-refractivity contribution in [2.75, 3.05) is 19.7 Å². The van der Waals surface area contributed by atoms with Crippen LogP contribution in [0, 0.1) is 5.92 Å². The van der Waals surface area contributed by atoms with Crippen LogP contribution in [-0.4, -0.2) is 30.8 Å². The lowest BCUT2D eigenvalue weighted by Crippen LogP contribution is -2.38. The predicted molar refractivity (Wildman–Crippen MR) is 63.7 cm³/mol. The van der Waals surface area contributed by atoms with Crippen LogP contribution >= 0.6 is 0 Å².